The Morgan fingerprint density at radius 3 is 3.10 bits per heavy atom. The highest BCUT2D eigenvalue weighted by Crippen LogP contribution is 2.34. The van der Waals surface area contributed by atoms with Crippen LogP contribution in [0.15, 0.2) is 41.8 Å². The molecule has 3 nitrogen and oxygen atoms in total. The van der Waals surface area contributed by atoms with Crippen molar-refractivity contribution in [1.29, 1.82) is 0 Å². The second kappa shape index (κ2) is 5.74. The molecule has 1 aromatic carbocycles. The molecule has 2 heterocycles. The SMILES string of the molecule is CC1Cc2ccccc2N1Cc1cc(C=CC(=O)O)cs1. The van der Waals surface area contributed by atoms with Crippen LogP contribution in [0.1, 0.15) is 22.9 Å². The van der Waals surface area contributed by atoms with Crippen LogP contribution in [0, 0.1) is 0 Å². The van der Waals surface area contributed by atoms with Crippen LogP contribution < -0.4 is 4.90 Å². The monoisotopic (exact) mass is 299 g/mol. The van der Waals surface area contributed by atoms with Gasteiger partial charge in [0.25, 0.3) is 0 Å². The molecule has 0 amide bonds. The van der Waals surface area contributed by atoms with Gasteiger partial charge < -0.3 is 10.0 Å². The van der Waals surface area contributed by atoms with Gasteiger partial charge >= 0.3 is 5.97 Å². The number of hydrogen-bond acceptors (Lipinski definition) is 3. The van der Waals surface area contributed by atoms with Gasteiger partial charge in [-0.2, -0.15) is 0 Å². The van der Waals surface area contributed by atoms with Crippen LogP contribution in [-0.2, 0) is 17.8 Å². The molecular weight excluding hydrogens is 282 g/mol. The molecule has 0 bridgehead atoms. The van der Waals surface area contributed by atoms with Crippen LogP contribution in [0.3, 0.4) is 0 Å². The summed E-state index contributed by atoms with van der Waals surface area (Å²) in [4.78, 5) is 14.2. The maximum absolute atomic E-state index is 10.5. The summed E-state index contributed by atoms with van der Waals surface area (Å²) in [6, 6.07) is 11.1. The van der Waals surface area contributed by atoms with Crippen molar-refractivity contribution >= 4 is 29.1 Å². The topological polar surface area (TPSA) is 40.5 Å². The van der Waals surface area contributed by atoms with Crippen molar-refractivity contribution in [2.75, 3.05) is 4.90 Å². The van der Waals surface area contributed by atoms with Gasteiger partial charge in [-0.15, -0.1) is 11.3 Å². The molecule has 1 atom stereocenters. The minimum absolute atomic E-state index is 0.502. The first-order chi connectivity index (χ1) is 10.1. The number of thiophene rings is 1. The van der Waals surface area contributed by atoms with Crippen LogP contribution in [0.25, 0.3) is 6.08 Å². The molecule has 4 heteroatoms. The van der Waals surface area contributed by atoms with Crippen LogP contribution in [0.2, 0.25) is 0 Å². The zero-order valence-electron chi connectivity index (χ0n) is 11.8. The average Bonchev–Trinajstić information content (AvgIpc) is 3.02. The van der Waals surface area contributed by atoms with Gasteiger partial charge in [0, 0.05) is 22.7 Å². The molecule has 0 saturated heterocycles. The van der Waals surface area contributed by atoms with E-state index in [0.717, 1.165) is 18.5 Å². The lowest BCUT2D eigenvalue weighted by molar-refractivity contribution is -0.131. The van der Waals surface area contributed by atoms with Crippen LogP contribution in [0.5, 0.6) is 0 Å². The highest BCUT2D eigenvalue weighted by atomic mass is 32.1. The van der Waals surface area contributed by atoms with Gasteiger partial charge in [0.05, 0.1) is 6.54 Å². The van der Waals surface area contributed by atoms with E-state index in [1.165, 1.54) is 22.2 Å². The summed E-state index contributed by atoms with van der Waals surface area (Å²) < 4.78 is 0. The number of hydrogen-bond donors (Lipinski definition) is 1. The molecule has 2 aromatic rings. The second-order valence-corrected chi connectivity index (χ2v) is 6.32. The highest BCUT2D eigenvalue weighted by molar-refractivity contribution is 7.10. The van der Waals surface area contributed by atoms with Crippen molar-refractivity contribution < 1.29 is 9.90 Å². The van der Waals surface area contributed by atoms with Gasteiger partial charge in [0.1, 0.15) is 0 Å². The van der Waals surface area contributed by atoms with Crippen molar-refractivity contribution in [3.63, 3.8) is 0 Å². The third kappa shape index (κ3) is 3.00. The van der Waals surface area contributed by atoms with Gasteiger partial charge in [-0.05, 0) is 48.1 Å². The number of nitrogens with zero attached hydrogens (tertiary/aromatic N) is 1. The van der Waals surface area contributed by atoms with Crippen LogP contribution in [0.4, 0.5) is 5.69 Å². The number of benzene rings is 1. The van der Waals surface area contributed by atoms with Gasteiger partial charge in [-0.3, -0.25) is 0 Å². The minimum Gasteiger partial charge on any atom is -0.478 e. The third-order valence-corrected chi connectivity index (χ3v) is 4.71. The van der Waals surface area contributed by atoms with E-state index >= 15 is 0 Å². The summed E-state index contributed by atoms with van der Waals surface area (Å²) >= 11 is 1.68. The Morgan fingerprint density at radius 1 is 1.48 bits per heavy atom. The first-order valence-corrected chi connectivity index (χ1v) is 7.84. The molecule has 1 aliphatic heterocycles. The quantitative estimate of drug-likeness (QED) is 0.873. The number of carbonyl (C=O) groups is 1. The summed E-state index contributed by atoms with van der Waals surface area (Å²) in [5, 5.41) is 10.7. The van der Waals surface area contributed by atoms with Crippen molar-refractivity contribution in [2.24, 2.45) is 0 Å². The Bertz CT molecular complexity index is 690. The molecule has 0 aliphatic carbocycles. The fourth-order valence-corrected chi connectivity index (χ4v) is 3.63. The van der Waals surface area contributed by atoms with Gasteiger partial charge in [-0.25, -0.2) is 4.79 Å². The molecule has 3 rings (SSSR count). The summed E-state index contributed by atoms with van der Waals surface area (Å²) in [7, 11) is 0. The maximum Gasteiger partial charge on any atom is 0.328 e. The molecule has 0 fully saturated rings. The van der Waals surface area contributed by atoms with E-state index in [4.69, 9.17) is 5.11 Å². The maximum atomic E-state index is 10.5. The van der Waals surface area contributed by atoms with Crippen molar-refractivity contribution in [3.05, 3.63) is 57.8 Å². The summed E-state index contributed by atoms with van der Waals surface area (Å²) in [5.41, 5.74) is 3.69. The van der Waals surface area contributed by atoms with E-state index in [0.29, 0.717) is 6.04 Å². The predicted octanol–water partition coefficient (Wildman–Crippen LogP) is 3.80. The Labute approximate surface area is 128 Å². The first-order valence-electron chi connectivity index (χ1n) is 6.96. The Hall–Kier alpha value is -2.07. The number of fused-ring (bicyclic) bond motifs is 1. The fraction of sp³-hybridized carbons (Fsp3) is 0.235. The van der Waals surface area contributed by atoms with Gasteiger partial charge in [0.15, 0.2) is 0 Å². The number of carboxylic acids is 1. The van der Waals surface area contributed by atoms with Gasteiger partial charge in [-0.1, -0.05) is 18.2 Å². The Balaban J connectivity index is 1.77. The van der Waals surface area contributed by atoms with E-state index in [1.54, 1.807) is 17.4 Å². The standard InChI is InChI=1S/C17H17NO2S/c1-12-8-14-4-2-3-5-16(14)18(12)10-15-9-13(11-21-15)6-7-17(19)20/h2-7,9,11-12H,8,10H2,1H3,(H,19,20). The summed E-state index contributed by atoms with van der Waals surface area (Å²) in [6.45, 7) is 3.13. The molecular formula is C17H17NO2S. The predicted molar refractivity (Wildman–Crippen MR) is 86.8 cm³/mol. The third-order valence-electron chi connectivity index (χ3n) is 3.77. The van der Waals surface area contributed by atoms with Crippen molar-refractivity contribution in [1.82, 2.24) is 0 Å². The van der Waals surface area contributed by atoms with Crippen molar-refractivity contribution in [3.8, 4) is 0 Å². The number of rotatable bonds is 4. The smallest absolute Gasteiger partial charge is 0.328 e. The normalized spacial score (nSPS) is 17.4. The minimum atomic E-state index is -0.912. The molecule has 1 aliphatic rings. The molecule has 1 unspecified atom stereocenters. The molecule has 1 N–H and O–H groups in total. The number of aliphatic carboxylic acids is 1. The Kier molecular flexibility index (Phi) is 3.80. The van der Waals surface area contributed by atoms with Crippen molar-refractivity contribution in [2.45, 2.75) is 25.9 Å². The zero-order chi connectivity index (χ0) is 14.8. The molecule has 108 valence electrons. The van der Waals surface area contributed by atoms with Crippen LogP contribution in [-0.4, -0.2) is 17.1 Å². The largest absolute Gasteiger partial charge is 0.478 e. The van der Waals surface area contributed by atoms with E-state index in [-0.39, 0.29) is 0 Å². The molecule has 0 saturated carbocycles. The second-order valence-electron chi connectivity index (χ2n) is 5.33. The lowest BCUT2D eigenvalue weighted by atomic mass is 10.1. The fourth-order valence-electron chi connectivity index (χ4n) is 2.77. The summed E-state index contributed by atoms with van der Waals surface area (Å²) in [5.74, 6) is -0.912. The highest BCUT2D eigenvalue weighted by Gasteiger charge is 2.25. The number of carboxylic acid groups (broad SMARTS) is 1. The number of para-hydroxylation sites is 1. The van der Waals surface area contributed by atoms with E-state index in [2.05, 4.69) is 42.2 Å². The van der Waals surface area contributed by atoms with E-state index in [9.17, 15) is 4.79 Å². The lowest BCUT2D eigenvalue weighted by Gasteiger charge is -2.24. The average molecular weight is 299 g/mol. The molecule has 1 aromatic heterocycles. The molecule has 0 spiro atoms. The Morgan fingerprint density at radius 2 is 2.29 bits per heavy atom. The number of anilines is 1. The first kappa shape index (κ1) is 13.9. The molecule has 0 radical (unpaired) electrons. The van der Waals surface area contributed by atoms with Crippen LogP contribution >= 0.6 is 11.3 Å². The zero-order valence-corrected chi connectivity index (χ0v) is 12.6. The summed E-state index contributed by atoms with van der Waals surface area (Å²) in [6.07, 6.45) is 3.91. The lowest BCUT2D eigenvalue weighted by Crippen LogP contribution is -2.28. The molecule has 21 heavy (non-hydrogen) atoms. The van der Waals surface area contributed by atoms with Gasteiger partial charge in [0.2, 0.25) is 0 Å². The van der Waals surface area contributed by atoms with E-state index < -0.39 is 5.97 Å². The van der Waals surface area contributed by atoms with E-state index in [1.807, 2.05) is 5.38 Å².